The Hall–Kier alpha value is -2.25. The molecule has 0 spiro atoms. The highest BCUT2D eigenvalue weighted by Gasteiger charge is 2.17. The fraction of sp³-hybridized carbons (Fsp3) is 0.333. The summed E-state index contributed by atoms with van der Waals surface area (Å²) in [5, 5.41) is 0. The molecular formula is C21H22N2O3S2. The van der Waals surface area contributed by atoms with Gasteiger partial charge in [-0.3, -0.25) is 4.79 Å². The Morgan fingerprint density at radius 2 is 2.00 bits per heavy atom. The molecule has 0 saturated heterocycles. The Kier molecular flexibility index (Phi) is 6.02. The maximum Gasteiger partial charge on any atom is 0.248 e. The van der Waals surface area contributed by atoms with Gasteiger partial charge in [-0.05, 0) is 24.7 Å². The van der Waals surface area contributed by atoms with E-state index in [9.17, 15) is 4.79 Å². The highest BCUT2D eigenvalue weighted by molar-refractivity contribution is 7.98. The fourth-order valence-electron chi connectivity index (χ4n) is 3.10. The number of rotatable bonds is 7. The van der Waals surface area contributed by atoms with Crippen LogP contribution < -0.4 is 14.3 Å². The monoisotopic (exact) mass is 414 g/mol. The van der Waals surface area contributed by atoms with Crippen LogP contribution in [0.2, 0.25) is 0 Å². The number of nitrogens with zero attached hydrogens (tertiary/aromatic N) is 2. The number of hydrogen-bond acceptors (Lipinski definition) is 5. The van der Waals surface area contributed by atoms with E-state index in [2.05, 4.69) is 40.7 Å². The fourth-order valence-corrected chi connectivity index (χ4v) is 5.15. The Labute approximate surface area is 172 Å². The molecule has 7 heteroatoms. The van der Waals surface area contributed by atoms with Crippen molar-refractivity contribution in [2.75, 3.05) is 12.5 Å². The molecule has 0 radical (unpaired) electrons. The highest BCUT2D eigenvalue weighted by atomic mass is 32.2. The van der Waals surface area contributed by atoms with E-state index in [0.717, 1.165) is 51.0 Å². The Balaban J connectivity index is 1.39. The minimum absolute atomic E-state index is 0.0610. The first kappa shape index (κ1) is 19.1. The second-order valence-electron chi connectivity index (χ2n) is 6.45. The predicted octanol–water partition coefficient (Wildman–Crippen LogP) is 4.59. The minimum atomic E-state index is -0.0610. The molecule has 3 aromatic rings. The largest absolute Gasteiger partial charge is 0.454 e. The van der Waals surface area contributed by atoms with Crippen LogP contribution >= 0.6 is 23.1 Å². The van der Waals surface area contributed by atoms with Crippen molar-refractivity contribution in [1.29, 1.82) is 0 Å². The predicted molar refractivity (Wildman–Crippen MR) is 114 cm³/mol. The first-order valence-electron chi connectivity index (χ1n) is 9.37. The number of ether oxygens (including phenoxy) is 2. The number of amides is 1. The van der Waals surface area contributed by atoms with Gasteiger partial charge < -0.3 is 14.0 Å². The second kappa shape index (κ2) is 8.84. The molecule has 2 heterocycles. The number of thiazole rings is 1. The van der Waals surface area contributed by atoms with Gasteiger partial charge in [-0.1, -0.05) is 41.7 Å². The second-order valence-corrected chi connectivity index (χ2v) is 8.56. The standard InChI is InChI=1S/C21H22N2O3S2/c1-2-23-16-11-17-18(26-14-25-17)12-19(16)28-21(23)22-20(24)9-6-10-27-13-15-7-4-3-5-8-15/h3-5,7-8,11-12H,2,6,9-10,13-14H2,1H3. The maximum atomic E-state index is 12.4. The van der Waals surface area contributed by atoms with Crippen molar-refractivity contribution >= 4 is 39.2 Å². The van der Waals surface area contributed by atoms with Crippen LogP contribution in [0.5, 0.6) is 11.5 Å². The van der Waals surface area contributed by atoms with Crippen LogP contribution in [-0.2, 0) is 17.1 Å². The van der Waals surface area contributed by atoms with Crippen molar-refractivity contribution in [2.45, 2.75) is 32.1 Å². The number of benzene rings is 2. The molecule has 0 N–H and O–H groups in total. The number of carbonyl (C=O) groups excluding carboxylic acids is 1. The van der Waals surface area contributed by atoms with Crippen LogP contribution in [0.4, 0.5) is 0 Å². The SMILES string of the molecule is CCn1c(=NC(=O)CCCSCc2ccccc2)sc2cc3c(cc21)OCO3. The zero-order valence-corrected chi connectivity index (χ0v) is 17.4. The molecule has 146 valence electrons. The lowest BCUT2D eigenvalue weighted by Gasteiger charge is -2.02. The number of aromatic nitrogens is 1. The molecule has 0 saturated carbocycles. The molecule has 1 aliphatic rings. The number of carbonyl (C=O) groups is 1. The van der Waals surface area contributed by atoms with Gasteiger partial charge in [0.2, 0.25) is 12.7 Å². The van der Waals surface area contributed by atoms with Crippen LogP contribution in [0, 0.1) is 0 Å². The van der Waals surface area contributed by atoms with Gasteiger partial charge in [-0.2, -0.15) is 16.8 Å². The van der Waals surface area contributed by atoms with Crippen molar-refractivity contribution in [3.05, 3.63) is 52.8 Å². The summed E-state index contributed by atoms with van der Waals surface area (Å²) in [4.78, 5) is 17.5. The molecule has 0 unspecified atom stereocenters. The Bertz CT molecular complexity index is 1040. The van der Waals surface area contributed by atoms with Gasteiger partial charge in [-0.15, -0.1) is 0 Å². The third-order valence-electron chi connectivity index (χ3n) is 4.50. The van der Waals surface area contributed by atoms with Gasteiger partial charge in [0.25, 0.3) is 0 Å². The molecule has 0 atom stereocenters. The number of fused-ring (bicyclic) bond motifs is 2. The molecule has 1 aromatic heterocycles. The van der Waals surface area contributed by atoms with E-state index < -0.39 is 0 Å². The molecule has 1 aliphatic heterocycles. The normalized spacial score (nSPS) is 13.4. The molecule has 0 fully saturated rings. The molecule has 0 aliphatic carbocycles. The third-order valence-corrected chi connectivity index (χ3v) is 6.66. The van der Waals surface area contributed by atoms with Gasteiger partial charge in [0.05, 0.1) is 10.2 Å². The summed E-state index contributed by atoms with van der Waals surface area (Å²) in [7, 11) is 0. The summed E-state index contributed by atoms with van der Waals surface area (Å²) < 4.78 is 14.0. The maximum absolute atomic E-state index is 12.4. The summed E-state index contributed by atoms with van der Waals surface area (Å²) in [5.41, 5.74) is 2.35. The summed E-state index contributed by atoms with van der Waals surface area (Å²) in [6.45, 7) is 3.07. The average molecular weight is 415 g/mol. The lowest BCUT2D eigenvalue weighted by molar-refractivity contribution is -0.118. The van der Waals surface area contributed by atoms with Gasteiger partial charge in [0.1, 0.15) is 0 Å². The molecule has 28 heavy (non-hydrogen) atoms. The molecule has 0 bridgehead atoms. The first-order valence-corrected chi connectivity index (χ1v) is 11.3. The highest BCUT2D eigenvalue weighted by Crippen LogP contribution is 2.36. The summed E-state index contributed by atoms with van der Waals surface area (Å²) in [6.07, 6.45) is 1.31. The average Bonchev–Trinajstić information content (AvgIpc) is 3.29. The van der Waals surface area contributed by atoms with E-state index in [0.29, 0.717) is 6.42 Å². The van der Waals surface area contributed by atoms with Crippen LogP contribution in [0.3, 0.4) is 0 Å². The van der Waals surface area contributed by atoms with Crippen molar-refractivity contribution in [3.8, 4) is 11.5 Å². The van der Waals surface area contributed by atoms with Crippen molar-refractivity contribution in [3.63, 3.8) is 0 Å². The summed E-state index contributed by atoms with van der Waals surface area (Å²) in [6, 6.07) is 14.3. The van der Waals surface area contributed by atoms with E-state index in [1.165, 1.54) is 16.9 Å². The summed E-state index contributed by atoms with van der Waals surface area (Å²) in [5.74, 6) is 3.38. The quantitative estimate of drug-likeness (QED) is 0.531. The zero-order chi connectivity index (χ0) is 19.3. The van der Waals surface area contributed by atoms with Gasteiger partial charge in [-0.25, -0.2) is 0 Å². The third kappa shape index (κ3) is 4.25. The van der Waals surface area contributed by atoms with Gasteiger partial charge in [0, 0.05) is 30.9 Å². The van der Waals surface area contributed by atoms with Crippen LogP contribution in [0.15, 0.2) is 47.5 Å². The number of aryl methyl sites for hydroxylation is 1. The molecule has 1 amide bonds. The van der Waals surface area contributed by atoms with Crippen LogP contribution in [0.25, 0.3) is 10.2 Å². The van der Waals surface area contributed by atoms with E-state index in [1.54, 1.807) is 0 Å². The zero-order valence-electron chi connectivity index (χ0n) is 15.7. The molecule has 4 rings (SSSR count). The van der Waals surface area contributed by atoms with Crippen LogP contribution in [-0.4, -0.2) is 23.0 Å². The van der Waals surface area contributed by atoms with Gasteiger partial charge >= 0.3 is 0 Å². The van der Waals surface area contributed by atoms with E-state index >= 15 is 0 Å². The first-order chi connectivity index (χ1) is 13.7. The minimum Gasteiger partial charge on any atom is -0.454 e. The van der Waals surface area contributed by atoms with Crippen molar-refractivity contribution in [1.82, 2.24) is 4.57 Å². The summed E-state index contributed by atoms with van der Waals surface area (Å²) >= 11 is 3.37. The lowest BCUT2D eigenvalue weighted by Crippen LogP contribution is -2.15. The molecule has 2 aromatic carbocycles. The van der Waals surface area contributed by atoms with Crippen molar-refractivity contribution < 1.29 is 14.3 Å². The van der Waals surface area contributed by atoms with E-state index in [-0.39, 0.29) is 12.7 Å². The van der Waals surface area contributed by atoms with Crippen LogP contribution in [0.1, 0.15) is 25.3 Å². The topological polar surface area (TPSA) is 52.8 Å². The smallest absolute Gasteiger partial charge is 0.248 e. The molecule has 5 nitrogen and oxygen atoms in total. The van der Waals surface area contributed by atoms with Crippen molar-refractivity contribution in [2.24, 2.45) is 4.99 Å². The number of hydrogen-bond donors (Lipinski definition) is 0. The van der Waals surface area contributed by atoms with E-state index in [1.807, 2.05) is 30.0 Å². The van der Waals surface area contributed by atoms with E-state index in [4.69, 9.17) is 9.47 Å². The number of thioether (sulfide) groups is 1. The van der Waals surface area contributed by atoms with Gasteiger partial charge in [0.15, 0.2) is 16.3 Å². The lowest BCUT2D eigenvalue weighted by atomic mass is 10.2. The Morgan fingerprint density at radius 3 is 2.79 bits per heavy atom. The molecular weight excluding hydrogens is 392 g/mol. The Morgan fingerprint density at radius 1 is 1.21 bits per heavy atom.